The first-order valence-electron chi connectivity index (χ1n) is 5.04. The van der Waals surface area contributed by atoms with Gasteiger partial charge in [-0.05, 0) is 36.6 Å². The van der Waals surface area contributed by atoms with Crippen LogP contribution in [0.25, 0.3) is 0 Å². The van der Waals surface area contributed by atoms with Crippen molar-refractivity contribution in [3.05, 3.63) is 34.6 Å². The van der Waals surface area contributed by atoms with E-state index in [0.717, 1.165) is 13.2 Å². The van der Waals surface area contributed by atoms with Crippen LogP contribution in [-0.2, 0) is 20.2 Å². The molecule has 0 saturated heterocycles. The topological polar surface area (TPSA) is 60.4 Å². The number of carbonyl (C=O) groups is 1. The number of rotatable bonds is 4. The Morgan fingerprint density at radius 3 is 2.56 bits per heavy atom. The van der Waals surface area contributed by atoms with Gasteiger partial charge in [0.2, 0.25) is 9.05 Å². The van der Waals surface area contributed by atoms with E-state index in [9.17, 15) is 17.6 Å². The number of methoxy groups -OCH3 is 1. The fourth-order valence-corrected chi connectivity index (χ4v) is 2.19. The standard InChI is InChI=1S/C11H12ClFO4S/c1-7-5-9(11(14)17-2)10(13)6-8(7)3-4-18(12,15)16/h5-6H,3-4H2,1-2H3. The van der Waals surface area contributed by atoms with Crippen LogP contribution in [0.2, 0.25) is 0 Å². The van der Waals surface area contributed by atoms with Gasteiger partial charge in [0.25, 0.3) is 0 Å². The second kappa shape index (κ2) is 5.67. The summed E-state index contributed by atoms with van der Waals surface area (Å²) < 4.78 is 39.7. The van der Waals surface area contributed by atoms with Gasteiger partial charge in [-0.3, -0.25) is 0 Å². The van der Waals surface area contributed by atoms with Gasteiger partial charge in [0.05, 0.1) is 18.4 Å². The summed E-state index contributed by atoms with van der Waals surface area (Å²) in [4.78, 5) is 11.2. The number of ether oxygens (including phenoxy) is 1. The van der Waals surface area contributed by atoms with E-state index in [1.54, 1.807) is 6.92 Å². The smallest absolute Gasteiger partial charge is 0.340 e. The zero-order valence-corrected chi connectivity index (χ0v) is 11.4. The van der Waals surface area contributed by atoms with Crippen molar-refractivity contribution in [3.8, 4) is 0 Å². The molecule has 1 aromatic carbocycles. The Balaban J connectivity index is 3.04. The predicted molar refractivity (Wildman–Crippen MR) is 65.8 cm³/mol. The summed E-state index contributed by atoms with van der Waals surface area (Å²) in [5.74, 6) is -1.80. The fourth-order valence-electron chi connectivity index (χ4n) is 1.49. The van der Waals surface area contributed by atoms with Crippen LogP contribution in [0, 0.1) is 12.7 Å². The first-order valence-corrected chi connectivity index (χ1v) is 7.52. The molecule has 0 radical (unpaired) electrons. The van der Waals surface area contributed by atoms with Gasteiger partial charge in [-0.2, -0.15) is 0 Å². The predicted octanol–water partition coefficient (Wildman–Crippen LogP) is 2.03. The molecule has 100 valence electrons. The van der Waals surface area contributed by atoms with Gasteiger partial charge in [0.1, 0.15) is 5.82 Å². The van der Waals surface area contributed by atoms with Gasteiger partial charge in [-0.15, -0.1) is 0 Å². The molecule has 0 aromatic heterocycles. The van der Waals surface area contributed by atoms with E-state index in [1.165, 1.54) is 6.07 Å². The molecule has 0 aliphatic rings. The van der Waals surface area contributed by atoms with Crippen molar-refractivity contribution in [2.24, 2.45) is 0 Å². The highest BCUT2D eigenvalue weighted by Crippen LogP contribution is 2.18. The summed E-state index contributed by atoms with van der Waals surface area (Å²) in [6.07, 6.45) is 0.0933. The highest BCUT2D eigenvalue weighted by atomic mass is 35.7. The molecule has 4 nitrogen and oxygen atoms in total. The quantitative estimate of drug-likeness (QED) is 0.630. The van der Waals surface area contributed by atoms with Crippen LogP contribution in [-0.4, -0.2) is 27.2 Å². The average molecular weight is 295 g/mol. The van der Waals surface area contributed by atoms with Crippen LogP contribution in [0.1, 0.15) is 21.5 Å². The summed E-state index contributed by atoms with van der Waals surface area (Å²) in [5.41, 5.74) is 0.925. The lowest BCUT2D eigenvalue weighted by atomic mass is 10.0. The maximum absolute atomic E-state index is 13.6. The Hall–Kier alpha value is -1.14. The fraction of sp³-hybridized carbons (Fsp3) is 0.364. The molecular formula is C11H12ClFO4S. The van der Waals surface area contributed by atoms with Crippen molar-refractivity contribution in [1.29, 1.82) is 0 Å². The minimum Gasteiger partial charge on any atom is -0.465 e. The minimum atomic E-state index is -3.62. The van der Waals surface area contributed by atoms with E-state index >= 15 is 0 Å². The maximum Gasteiger partial charge on any atom is 0.340 e. The molecule has 0 atom stereocenters. The summed E-state index contributed by atoms with van der Waals surface area (Å²) in [6.45, 7) is 1.65. The van der Waals surface area contributed by atoms with Gasteiger partial charge < -0.3 is 4.74 Å². The monoisotopic (exact) mass is 294 g/mol. The molecule has 0 unspecified atom stereocenters. The molecule has 0 spiro atoms. The number of halogens is 2. The summed E-state index contributed by atoms with van der Waals surface area (Å²) in [7, 11) is 2.62. The highest BCUT2D eigenvalue weighted by molar-refractivity contribution is 8.13. The van der Waals surface area contributed by atoms with E-state index in [2.05, 4.69) is 4.74 Å². The van der Waals surface area contributed by atoms with E-state index < -0.39 is 20.8 Å². The molecule has 0 bridgehead atoms. The van der Waals surface area contributed by atoms with Crippen LogP contribution in [0.15, 0.2) is 12.1 Å². The van der Waals surface area contributed by atoms with Crippen molar-refractivity contribution < 1.29 is 22.3 Å². The molecule has 0 N–H and O–H groups in total. The number of hydrogen-bond acceptors (Lipinski definition) is 4. The molecule has 0 saturated carbocycles. The molecule has 0 aliphatic heterocycles. The Labute approximate surface area is 109 Å². The molecule has 0 amide bonds. The van der Waals surface area contributed by atoms with Crippen LogP contribution in [0.3, 0.4) is 0 Å². The molecular weight excluding hydrogens is 283 g/mol. The first kappa shape index (κ1) is 14.9. The lowest BCUT2D eigenvalue weighted by Crippen LogP contribution is -2.08. The minimum absolute atomic E-state index is 0.0933. The first-order chi connectivity index (χ1) is 8.24. The van der Waals surface area contributed by atoms with Gasteiger partial charge in [-0.25, -0.2) is 17.6 Å². The van der Waals surface area contributed by atoms with Crippen LogP contribution in [0.5, 0.6) is 0 Å². The van der Waals surface area contributed by atoms with Gasteiger partial charge in [0, 0.05) is 10.7 Å². The van der Waals surface area contributed by atoms with Crippen molar-refractivity contribution in [1.82, 2.24) is 0 Å². The molecule has 1 rings (SSSR count). The number of esters is 1. The largest absolute Gasteiger partial charge is 0.465 e. The van der Waals surface area contributed by atoms with Gasteiger partial charge >= 0.3 is 5.97 Å². The molecule has 0 heterocycles. The van der Waals surface area contributed by atoms with Crippen LogP contribution in [0.4, 0.5) is 4.39 Å². The third-order valence-corrected chi connectivity index (χ3v) is 3.60. The summed E-state index contributed by atoms with van der Waals surface area (Å²) in [5, 5.41) is 0. The number of aryl methyl sites for hydroxylation is 2. The normalized spacial score (nSPS) is 11.3. The molecule has 0 fully saturated rings. The lowest BCUT2D eigenvalue weighted by molar-refractivity contribution is 0.0595. The second-order valence-corrected chi connectivity index (χ2v) is 6.64. The average Bonchev–Trinajstić information content (AvgIpc) is 2.27. The summed E-state index contributed by atoms with van der Waals surface area (Å²) in [6, 6.07) is 2.46. The molecule has 1 aromatic rings. The summed E-state index contributed by atoms with van der Waals surface area (Å²) >= 11 is 0. The zero-order valence-electron chi connectivity index (χ0n) is 9.87. The third-order valence-electron chi connectivity index (χ3n) is 2.45. The van der Waals surface area contributed by atoms with Crippen molar-refractivity contribution >= 4 is 25.7 Å². The zero-order chi connectivity index (χ0) is 13.9. The van der Waals surface area contributed by atoms with Gasteiger partial charge in [0.15, 0.2) is 0 Å². The number of hydrogen-bond donors (Lipinski definition) is 0. The van der Waals surface area contributed by atoms with E-state index in [1.807, 2.05) is 0 Å². The second-order valence-electron chi connectivity index (χ2n) is 3.74. The van der Waals surface area contributed by atoms with Crippen LogP contribution >= 0.6 is 10.7 Å². The molecule has 7 heteroatoms. The highest BCUT2D eigenvalue weighted by Gasteiger charge is 2.15. The van der Waals surface area contributed by atoms with E-state index in [4.69, 9.17) is 10.7 Å². The number of carbonyl (C=O) groups excluding carboxylic acids is 1. The van der Waals surface area contributed by atoms with E-state index in [-0.39, 0.29) is 17.7 Å². The molecule has 0 aliphatic carbocycles. The van der Waals surface area contributed by atoms with Crippen LogP contribution < -0.4 is 0 Å². The molecule has 18 heavy (non-hydrogen) atoms. The number of benzene rings is 1. The maximum atomic E-state index is 13.6. The Morgan fingerprint density at radius 2 is 2.06 bits per heavy atom. The van der Waals surface area contributed by atoms with Crippen molar-refractivity contribution in [2.75, 3.05) is 12.9 Å². The SMILES string of the molecule is COC(=O)c1cc(C)c(CCS(=O)(=O)Cl)cc1F. The lowest BCUT2D eigenvalue weighted by Gasteiger charge is -2.08. The Kier molecular flexibility index (Phi) is 4.70. The van der Waals surface area contributed by atoms with E-state index in [0.29, 0.717) is 11.1 Å². The van der Waals surface area contributed by atoms with Gasteiger partial charge in [-0.1, -0.05) is 0 Å². The van der Waals surface area contributed by atoms with Crippen molar-refractivity contribution in [3.63, 3.8) is 0 Å². The van der Waals surface area contributed by atoms with Crippen molar-refractivity contribution in [2.45, 2.75) is 13.3 Å². The Bertz CT molecular complexity index is 569. The Morgan fingerprint density at radius 1 is 1.44 bits per heavy atom. The third kappa shape index (κ3) is 3.96.